The molecule has 0 unspecified atom stereocenters. The molecule has 0 bridgehead atoms. The predicted molar refractivity (Wildman–Crippen MR) is 102 cm³/mol. The third-order valence-electron chi connectivity index (χ3n) is 4.38. The molecule has 1 saturated heterocycles. The van der Waals surface area contributed by atoms with E-state index in [1.807, 2.05) is 24.3 Å². The number of amides is 1. The van der Waals surface area contributed by atoms with Crippen LogP contribution in [0.25, 0.3) is 0 Å². The first kappa shape index (κ1) is 18.3. The van der Waals surface area contributed by atoms with E-state index in [-0.39, 0.29) is 5.91 Å². The number of morpholine rings is 1. The minimum atomic E-state index is -0.203. The summed E-state index contributed by atoms with van der Waals surface area (Å²) < 4.78 is 5.33. The smallest absolute Gasteiger partial charge is 0.258 e. The molecule has 1 amide bonds. The van der Waals surface area contributed by atoms with E-state index in [0.29, 0.717) is 11.5 Å². The molecule has 1 aromatic heterocycles. The van der Waals surface area contributed by atoms with Gasteiger partial charge in [-0.2, -0.15) is 0 Å². The van der Waals surface area contributed by atoms with Crippen LogP contribution in [0.2, 0.25) is 0 Å². The Labute approximate surface area is 153 Å². The van der Waals surface area contributed by atoms with Crippen molar-refractivity contribution in [2.75, 3.05) is 50.0 Å². The zero-order valence-electron chi connectivity index (χ0n) is 15.1. The Balaban J connectivity index is 1.51. The van der Waals surface area contributed by atoms with Crippen molar-refractivity contribution < 1.29 is 9.53 Å². The SMILES string of the molecule is CCc1ccccc1NC(=O)c1cnc(NCCN2CCOCC2)nc1. The molecule has 2 aromatic rings. The van der Waals surface area contributed by atoms with Crippen molar-refractivity contribution in [1.82, 2.24) is 14.9 Å². The lowest BCUT2D eigenvalue weighted by molar-refractivity contribution is 0.0398. The van der Waals surface area contributed by atoms with E-state index >= 15 is 0 Å². The molecule has 26 heavy (non-hydrogen) atoms. The first-order valence-corrected chi connectivity index (χ1v) is 9.01. The van der Waals surface area contributed by atoms with Crippen molar-refractivity contribution >= 4 is 17.5 Å². The van der Waals surface area contributed by atoms with Crippen molar-refractivity contribution in [3.63, 3.8) is 0 Å². The zero-order valence-corrected chi connectivity index (χ0v) is 15.1. The van der Waals surface area contributed by atoms with Gasteiger partial charge in [-0.25, -0.2) is 9.97 Å². The summed E-state index contributed by atoms with van der Waals surface area (Å²) in [6.45, 7) is 7.24. The van der Waals surface area contributed by atoms with Gasteiger partial charge in [0.2, 0.25) is 5.95 Å². The van der Waals surface area contributed by atoms with Gasteiger partial charge in [-0.3, -0.25) is 9.69 Å². The topological polar surface area (TPSA) is 79.4 Å². The number of nitrogens with one attached hydrogen (secondary N) is 2. The van der Waals surface area contributed by atoms with Gasteiger partial charge >= 0.3 is 0 Å². The summed E-state index contributed by atoms with van der Waals surface area (Å²) in [7, 11) is 0. The maximum absolute atomic E-state index is 12.4. The van der Waals surface area contributed by atoms with E-state index in [1.54, 1.807) is 12.4 Å². The van der Waals surface area contributed by atoms with Gasteiger partial charge in [0.25, 0.3) is 5.91 Å². The Bertz CT molecular complexity index is 714. The molecule has 138 valence electrons. The molecule has 2 N–H and O–H groups in total. The zero-order chi connectivity index (χ0) is 18.2. The highest BCUT2D eigenvalue weighted by Gasteiger charge is 2.11. The number of rotatable bonds is 7. The maximum atomic E-state index is 12.4. The second-order valence-electron chi connectivity index (χ2n) is 6.14. The second-order valence-corrected chi connectivity index (χ2v) is 6.14. The third-order valence-corrected chi connectivity index (χ3v) is 4.38. The molecule has 7 heteroatoms. The Kier molecular flexibility index (Phi) is 6.51. The van der Waals surface area contributed by atoms with Gasteiger partial charge in [0, 0.05) is 44.3 Å². The van der Waals surface area contributed by atoms with E-state index in [2.05, 4.69) is 32.4 Å². The molecular formula is C19H25N5O2. The molecule has 1 aromatic carbocycles. The van der Waals surface area contributed by atoms with Crippen molar-refractivity contribution in [1.29, 1.82) is 0 Å². The minimum absolute atomic E-state index is 0.203. The number of hydrogen-bond donors (Lipinski definition) is 2. The fourth-order valence-corrected chi connectivity index (χ4v) is 2.83. The van der Waals surface area contributed by atoms with Crippen LogP contribution in [-0.2, 0) is 11.2 Å². The van der Waals surface area contributed by atoms with Crippen molar-refractivity contribution in [3.05, 3.63) is 47.8 Å². The fraction of sp³-hybridized carbons (Fsp3) is 0.421. The Morgan fingerprint density at radius 1 is 1.19 bits per heavy atom. The highest BCUT2D eigenvalue weighted by Crippen LogP contribution is 2.16. The molecule has 1 fully saturated rings. The number of carbonyl (C=O) groups is 1. The average Bonchev–Trinajstić information content (AvgIpc) is 2.70. The van der Waals surface area contributed by atoms with Crippen molar-refractivity contribution in [2.45, 2.75) is 13.3 Å². The van der Waals surface area contributed by atoms with Crippen LogP contribution in [-0.4, -0.2) is 60.2 Å². The van der Waals surface area contributed by atoms with Crippen molar-refractivity contribution in [3.8, 4) is 0 Å². The molecule has 0 radical (unpaired) electrons. The molecule has 3 rings (SSSR count). The van der Waals surface area contributed by atoms with Crippen molar-refractivity contribution in [2.24, 2.45) is 0 Å². The Hall–Kier alpha value is -2.51. The van der Waals surface area contributed by atoms with Crippen LogP contribution in [0.15, 0.2) is 36.7 Å². The molecule has 0 saturated carbocycles. The van der Waals surface area contributed by atoms with Crippen LogP contribution in [0.3, 0.4) is 0 Å². The van der Waals surface area contributed by atoms with E-state index < -0.39 is 0 Å². The fourth-order valence-electron chi connectivity index (χ4n) is 2.83. The van der Waals surface area contributed by atoms with Gasteiger partial charge in [0.1, 0.15) is 0 Å². The van der Waals surface area contributed by atoms with Gasteiger partial charge in [0.15, 0.2) is 0 Å². The minimum Gasteiger partial charge on any atom is -0.379 e. The lowest BCUT2D eigenvalue weighted by Crippen LogP contribution is -2.39. The Morgan fingerprint density at radius 2 is 1.92 bits per heavy atom. The summed E-state index contributed by atoms with van der Waals surface area (Å²) >= 11 is 0. The molecule has 0 atom stereocenters. The number of para-hydroxylation sites is 1. The number of ether oxygens (including phenoxy) is 1. The summed E-state index contributed by atoms with van der Waals surface area (Å²) in [6, 6.07) is 7.79. The van der Waals surface area contributed by atoms with E-state index in [0.717, 1.165) is 57.1 Å². The van der Waals surface area contributed by atoms with Crippen LogP contribution >= 0.6 is 0 Å². The van der Waals surface area contributed by atoms with Gasteiger partial charge in [-0.1, -0.05) is 25.1 Å². The first-order chi connectivity index (χ1) is 12.8. The van der Waals surface area contributed by atoms with Crippen LogP contribution in [0.5, 0.6) is 0 Å². The number of hydrogen-bond acceptors (Lipinski definition) is 6. The number of carbonyl (C=O) groups excluding carboxylic acids is 1. The van der Waals surface area contributed by atoms with Gasteiger partial charge in [-0.15, -0.1) is 0 Å². The van der Waals surface area contributed by atoms with Gasteiger partial charge < -0.3 is 15.4 Å². The number of aromatic nitrogens is 2. The summed E-state index contributed by atoms with van der Waals surface area (Å²) in [5.41, 5.74) is 2.37. The summed E-state index contributed by atoms with van der Waals surface area (Å²) in [5.74, 6) is 0.328. The first-order valence-electron chi connectivity index (χ1n) is 9.01. The van der Waals surface area contributed by atoms with E-state index in [9.17, 15) is 4.79 Å². The van der Waals surface area contributed by atoms with Crippen LogP contribution < -0.4 is 10.6 Å². The number of nitrogens with zero attached hydrogens (tertiary/aromatic N) is 3. The summed E-state index contributed by atoms with van der Waals surface area (Å²) in [6.07, 6.45) is 3.96. The van der Waals surface area contributed by atoms with Gasteiger partial charge in [-0.05, 0) is 18.1 Å². The summed E-state index contributed by atoms with van der Waals surface area (Å²) in [4.78, 5) is 23.2. The van der Waals surface area contributed by atoms with Gasteiger partial charge in [0.05, 0.1) is 18.8 Å². The molecule has 1 aliphatic heterocycles. The lowest BCUT2D eigenvalue weighted by Gasteiger charge is -2.26. The average molecular weight is 355 g/mol. The molecular weight excluding hydrogens is 330 g/mol. The number of benzene rings is 1. The van der Waals surface area contributed by atoms with Crippen LogP contribution in [0.4, 0.5) is 11.6 Å². The third kappa shape index (κ3) is 5.00. The number of aryl methyl sites for hydroxylation is 1. The van der Waals surface area contributed by atoms with E-state index in [4.69, 9.17) is 4.74 Å². The quantitative estimate of drug-likeness (QED) is 0.791. The second kappa shape index (κ2) is 9.26. The number of anilines is 2. The largest absolute Gasteiger partial charge is 0.379 e. The van der Waals surface area contributed by atoms with Crippen LogP contribution in [0, 0.1) is 0 Å². The lowest BCUT2D eigenvalue weighted by atomic mass is 10.1. The van der Waals surface area contributed by atoms with E-state index in [1.165, 1.54) is 0 Å². The highest BCUT2D eigenvalue weighted by molar-refractivity contribution is 6.04. The maximum Gasteiger partial charge on any atom is 0.258 e. The normalized spacial score (nSPS) is 14.8. The molecule has 7 nitrogen and oxygen atoms in total. The molecule has 1 aliphatic rings. The summed E-state index contributed by atoms with van der Waals surface area (Å²) in [5, 5.41) is 6.12. The molecule has 0 aliphatic carbocycles. The molecule has 0 spiro atoms. The standard InChI is InChI=1S/C19H25N5O2/c1-2-15-5-3-4-6-17(15)23-18(25)16-13-21-19(22-14-16)20-7-8-24-9-11-26-12-10-24/h3-6,13-14H,2,7-12H2,1H3,(H,23,25)(H,20,21,22). The molecule has 2 heterocycles. The predicted octanol–water partition coefficient (Wildman–Crippen LogP) is 2.04. The monoisotopic (exact) mass is 355 g/mol. The highest BCUT2D eigenvalue weighted by atomic mass is 16.5. The Morgan fingerprint density at radius 3 is 2.65 bits per heavy atom. The van der Waals surface area contributed by atoms with Crippen LogP contribution in [0.1, 0.15) is 22.8 Å².